The van der Waals surface area contributed by atoms with E-state index in [1.54, 1.807) is 20.0 Å². The fraction of sp³-hybridized carbons (Fsp3) is 0.353. The smallest absolute Gasteiger partial charge is 0.368 e. The number of aromatic nitrogens is 4. The predicted octanol–water partition coefficient (Wildman–Crippen LogP) is 1.83. The summed E-state index contributed by atoms with van der Waals surface area (Å²) in [6.07, 6.45) is 1.85. The fourth-order valence-corrected chi connectivity index (χ4v) is 2.12. The molecule has 0 spiro atoms. The van der Waals surface area contributed by atoms with E-state index in [1.165, 1.54) is 11.8 Å². The quantitative estimate of drug-likeness (QED) is 0.556. The molecule has 138 valence electrons. The molecule has 0 fully saturated rings. The Morgan fingerprint density at radius 2 is 1.92 bits per heavy atom. The molecule has 2 rings (SSSR count). The summed E-state index contributed by atoms with van der Waals surface area (Å²) in [5.41, 5.74) is 3.21. The van der Waals surface area contributed by atoms with Gasteiger partial charge in [0.15, 0.2) is 0 Å². The summed E-state index contributed by atoms with van der Waals surface area (Å²) >= 11 is 0. The van der Waals surface area contributed by atoms with Crippen molar-refractivity contribution in [3.8, 4) is 5.69 Å². The van der Waals surface area contributed by atoms with Crippen LogP contribution in [0.5, 0.6) is 0 Å². The van der Waals surface area contributed by atoms with E-state index >= 15 is 0 Å². The third kappa shape index (κ3) is 4.65. The summed E-state index contributed by atoms with van der Waals surface area (Å²) in [4.78, 5) is 22.3. The molecule has 1 heterocycles. The second kappa shape index (κ2) is 8.75. The van der Waals surface area contributed by atoms with Crippen molar-refractivity contribution in [2.75, 3.05) is 7.11 Å². The summed E-state index contributed by atoms with van der Waals surface area (Å²) < 4.78 is 2.38. The average Bonchev–Trinajstić information content (AvgIpc) is 2.93. The number of oxime groups is 2. The number of nitrogens with zero attached hydrogens (tertiary/aromatic N) is 6. The fourth-order valence-electron chi connectivity index (χ4n) is 2.12. The van der Waals surface area contributed by atoms with Crippen LogP contribution in [0.25, 0.3) is 5.69 Å². The van der Waals surface area contributed by atoms with Gasteiger partial charge in [-0.05, 0) is 43.3 Å². The summed E-state index contributed by atoms with van der Waals surface area (Å²) in [6, 6.07) is 7.27. The van der Waals surface area contributed by atoms with Crippen LogP contribution in [0.2, 0.25) is 0 Å². The van der Waals surface area contributed by atoms with Gasteiger partial charge in [-0.1, -0.05) is 34.1 Å². The number of hydrogen-bond donors (Lipinski definition) is 0. The Balaban J connectivity index is 2.20. The summed E-state index contributed by atoms with van der Waals surface area (Å²) in [5, 5.41) is 15.6. The third-order valence-corrected chi connectivity index (χ3v) is 3.35. The van der Waals surface area contributed by atoms with Crippen molar-refractivity contribution < 1.29 is 9.68 Å². The zero-order chi connectivity index (χ0) is 19.1. The van der Waals surface area contributed by atoms with Crippen LogP contribution in [0.15, 0.2) is 51.0 Å². The minimum Gasteiger partial charge on any atom is -0.399 e. The number of hydrogen-bond acceptors (Lipinski definition) is 7. The standard InChI is InChI=1S/C17H22N6O3/c1-12(2)10-15(19-25-5)13(3)18-26-11-14-8-6-7-9-16(14)23-17(24)22(4)20-21-23/h6-10H,11H2,1-5H3/b18-13+,19-15+. The van der Waals surface area contributed by atoms with Crippen LogP contribution in [0, 0.1) is 0 Å². The van der Waals surface area contributed by atoms with E-state index in [9.17, 15) is 4.79 Å². The van der Waals surface area contributed by atoms with Crippen LogP contribution in [-0.2, 0) is 23.3 Å². The molecule has 0 N–H and O–H groups in total. The molecule has 0 saturated carbocycles. The highest BCUT2D eigenvalue weighted by atomic mass is 16.6. The van der Waals surface area contributed by atoms with Gasteiger partial charge in [-0.15, -0.1) is 0 Å². The lowest BCUT2D eigenvalue weighted by Gasteiger charge is -2.07. The van der Waals surface area contributed by atoms with Crippen molar-refractivity contribution >= 4 is 11.4 Å². The Morgan fingerprint density at radius 1 is 1.19 bits per heavy atom. The molecular formula is C17H22N6O3. The minimum absolute atomic E-state index is 0.158. The minimum atomic E-state index is -0.338. The van der Waals surface area contributed by atoms with Gasteiger partial charge in [-0.3, -0.25) is 0 Å². The molecule has 0 amide bonds. The Kier molecular flexibility index (Phi) is 6.42. The predicted molar refractivity (Wildman–Crippen MR) is 98.4 cm³/mol. The van der Waals surface area contributed by atoms with Gasteiger partial charge in [-0.25, -0.2) is 4.79 Å². The van der Waals surface area contributed by atoms with Gasteiger partial charge < -0.3 is 9.68 Å². The van der Waals surface area contributed by atoms with Crippen molar-refractivity contribution in [3.05, 3.63) is 52.0 Å². The first-order valence-corrected chi connectivity index (χ1v) is 7.94. The van der Waals surface area contributed by atoms with Crippen LogP contribution in [0.4, 0.5) is 0 Å². The topological polar surface area (TPSA) is 95.9 Å². The number of aryl methyl sites for hydroxylation is 1. The molecule has 0 aliphatic heterocycles. The van der Waals surface area contributed by atoms with Gasteiger partial charge in [0.25, 0.3) is 0 Å². The highest BCUT2D eigenvalue weighted by molar-refractivity contribution is 6.45. The van der Waals surface area contributed by atoms with E-state index in [-0.39, 0.29) is 12.3 Å². The maximum absolute atomic E-state index is 12.1. The van der Waals surface area contributed by atoms with E-state index in [0.29, 0.717) is 17.1 Å². The average molecular weight is 358 g/mol. The highest BCUT2D eigenvalue weighted by Crippen LogP contribution is 2.13. The molecule has 0 aliphatic rings. The van der Waals surface area contributed by atoms with Crippen molar-refractivity contribution in [1.82, 2.24) is 19.8 Å². The number of rotatable bonds is 7. The molecule has 26 heavy (non-hydrogen) atoms. The lowest BCUT2D eigenvalue weighted by molar-refractivity contribution is 0.130. The zero-order valence-electron chi connectivity index (χ0n) is 15.5. The molecule has 0 saturated heterocycles. The molecular weight excluding hydrogens is 336 g/mol. The molecule has 9 nitrogen and oxygen atoms in total. The van der Waals surface area contributed by atoms with E-state index in [1.807, 2.05) is 38.1 Å². The van der Waals surface area contributed by atoms with Gasteiger partial charge >= 0.3 is 5.69 Å². The van der Waals surface area contributed by atoms with Crippen molar-refractivity contribution in [2.24, 2.45) is 17.4 Å². The first-order chi connectivity index (χ1) is 12.4. The number of allylic oxidation sites excluding steroid dienone is 2. The maximum Gasteiger partial charge on any atom is 0.368 e. The summed E-state index contributed by atoms with van der Waals surface area (Å²) in [7, 11) is 3.01. The van der Waals surface area contributed by atoms with Crippen molar-refractivity contribution in [3.63, 3.8) is 0 Å². The number of benzene rings is 1. The monoisotopic (exact) mass is 358 g/mol. The Labute approximate surface area is 151 Å². The molecule has 2 aromatic rings. The summed E-state index contributed by atoms with van der Waals surface area (Å²) in [5.74, 6) is 0. The highest BCUT2D eigenvalue weighted by Gasteiger charge is 2.11. The van der Waals surface area contributed by atoms with Gasteiger partial charge in [0.2, 0.25) is 0 Å². The van der Waals surface area contributed by atoms with Gasteiger partial charge in [-0.2, -0.15) is 9.36 Å². The number of para-hydroxylation sites is 1. The Morgan fingerprint density at radius 3 is 2.54 bits per heavy atom. The van der Waals surface area contributed by atoms with Gasteiger partial charge in [0.1, 0.15) is 25.1 Å². The van der Waals surface area contributed by atoms with E-state index in [4.69, 9.17) is 9.68 Å². The molecule has 0 aliphatic carbocycles. The number of tetrazole rings is 1. The first kappa shape index (κ1) is 19.1. The van der Waals surface area contributed by atoms with E-state index in [0.717, 1.165) is 15.8 Å². The van der Waals surface area contributed by atoms with Crippen LogP contribution >= 0.6 is 0 Å². The second-order valence-corrected chi connectivity index (χ2v) is 5.76. The molecule has 0 bridgehead atoms. The molecule has 1 aromatic carbocycles. The lowest BCUT2D eigenvalue weighted by atomic mass is 10.2. The van der Waals surface area contributed by atoms with Gasteiger partial charge in [0.05, 0.1) is 5.69 Å². The molecule has 0 unspecified atom stereocenters. The van der Waals surface area contributed by atoms with Crippen molar-refractivity contribution in [2.45, 2.75) is 27.4 Å². The zero-order valence-corrected chi connectivity index (χ0v) is 15.5. The van der Waals surface area contributed by atoms with Crippen LogP contribution in [0.1, 0.15) is 26.3 Å². The molecule has 0 radical (unpaired) electrons. The van der Waals surface area contributed by atoms with Crippen LogP contribution in [0.3, 0.4) is 0 Å². The Hall–Kier alpha value is -3.23. The van der Waals surface area contributed by atoms with E-state index < -0.39 is 0 Å². The largest absolute Gasteiger partial charge is 0.399 e. The SMILES string of the molecule is CO/N=C(C=C(C)C)/C(C)=N/OCc1ccccc1-n1nnn(C)c1=O. The normalized spacial score (nSPS) is 12.0. The lowest BCUT2D eigenvalue weighted by Crippen LogP contribution is -2.22. The van der Waals surface area contributed by atoms with Crippen LogP contribution in [-0.4, -0.2) is 38.3 Å². The molecule has 0 atom stereocenters. The molecule has 1 aromatic heterocycles. The van der Waals surface area contributed by atoms with Crippen molar-refractivity contribution in [1.29, 1.82) is 0 Å². The Bertz CT molecular complexity index is 903. The first-order valence-electron chi connectivity index (χ1n) is 7.94. The molecule has 9 heteroatoms. The second-order valence-electron chi connectivity index (χ2n) is 5.76. The summed E-state index contributed by atoms with van der Waals surface area (Å²) in [6.45, 7) is 5.84. The van der Waals surface area contributed by atoms with E-state index in [2.05, 4.69) is 20.7 Å². The third-order valence-electron chi connectivity index (χ3n) is 3.35. The van der Waals surface area contributed by atoms with Gasteiger partial charge in [0, 0.05) is 12.6 Å². The maximum atomic E-state index is 12.1. The van der Waals surface area contributed by atoms with Crippen LogP contribution < -0.4 is 5.69 Å².